The number of fused-ring (bicyclic) bond motifs is 5. The number of aliphatic hydroxyl groups excluding tert-OH is 3. The van der Waals surface area contributed by atoms with Gasteiger partial charge in [-0.2, -0.15) is 0 Å². The first-order valence-corrected chi connectivity index (χ1v) is 26.4. The quantitative estimate of drug-likeness (QED) is 0.0728. The van der Waals surface area contributed by atoms with Crippen LogP contribution >= 0.6 is 15.9 Å². The Bertz CT molecular complexity index is 2420. The average molecular weight is 1090 g/mol. The second-order valence-electron chi connectivity index (χ2n) is 18.7. The van der Waals surface area contributed by atoms with E-state index >= 15 is 0 Å². The molecule has 23 nitrogen and oxygen atoms in total. The van der Waals surface area contributed by atoms with E-state index in [9.17, 15) is 67.5 Å². The zero-order chi connectivity index (χ0) is 53.0. The predicted octanol–water partition coefficient (Wildman–Crippen LogP) is -1.93. The number of aliphatic hydroxyl groups is 3. The molecule has 0 spiro atoms. The van der Waals surface area contributed by atoms with E-state index in [2.05, 4.69) is 47.5 Å². The topological polar surface area (TPSA) is 363 Å². The van der Waals surface area contributed by atoms with Gasteiger partial charge in [-0.25, -0.2) is 0 Å². The second kappa shape index (κ2) is 26.4. The predicted molar refractivity (Wildman–Crippen MR) is 261 cm³/mol. The number of benzene rings is 1. The van der Waals surface area contributed by atoms with Crippen LogP contribution in [0.15, 0.2) is 23.2 Å². The number of hydrogen-bond donors (Lipinski definition) is 10. The van der Waals surface area contributed by atoms with Gasteiger partial charge in [0.05, 0.1) is 83.9 Å². The molecule has 1 saturated heterocycles. The van der Waals surface area contributed by atoms with Crippen LogP contribution in [0.1, 0.15) is 77.7 Å². The fourth-order valence-corrected chi connectivity index (χ4v) is 10.7. The maximum absolute atomic E-state index is 14.9. The molecule has 7 amide bonds. The van der Waals surface area contributed by atoms with E-state index in [0.29, 0.717) is 42.3 Å². The maximum atomic E-state index is 14.9. The number of nitrogens with one attached hydrogen (secondary N) is 6. The number of halogens is 1. The van der Waals surface area contributed by atoms with Crippen LogP contribution < -0.4 is 37.1 Å². The fraction of sp³-hybridized carbons (Fsp3) is 0.617. The maximum Gasteiger partial charge on any atom is 0.243 e. The molecule has 4 heterocycles. The van der Waals surface area contributed by atoms with Gasteiger partial charge in [0.15, 0.2) is 11.6 Å². The molecule has 0 aliphatic carbocycles. The largest absolute Gasteiger partial charge is 0.494 e. The summed E-state index contributed by atoms with van der Waals surface area (Å²) in [5, 5.41) is 44.8. The molecular weight excluding hydrogens is 1030 g/mol. The van der Waals surface area contributed by atoms with Crippen LogP contribution in [0.2, 0.25) is 0 Å². The van der Waals surface area contributed by atoms with E-state index in [1.807, 2.05) is 0 Å². The standard InChI is InChI=1S/C47H65BrN8O15S/c1-4-23(2)41-45(68)51-18-39(64)52-33-22-72(70)46-31(30-9-8-29(16-32(30)53-46)71-10-6-5-7-27(58)17-48)11-25(43(66)50-19-40(65)54-41)12-36(61)42(24(3)37(62)21-57)55-44(67)34-15-28(59)20-56(34)47(69)26(13-35(33)60)14-38(49)63/h8-9,16,23-26,28,33-34,37,41-42,53,57,59,62H,4-7,10-15,17-22H2,1-3H3,(H2,49,63)(H,50,66)(H,51,68)(H,52,64)(H,54,65)(H,55,67)/t23-,24-,25?,26-,28?,33?,34-,37-,41-,42-,72?/m0/s1. The highest BCUT2D eigenvalue weighted by Gasteiger charge is 2.45. The molecule has 1 fully saturated rings. The molecular formula is C47H65BrN8O15S. The molecule has 396 valence electrons. The van der Waals surface area contributed by atoms with Crippen LogP contribution in [0.5, 0.6) is 5.75 Å². The molecule has 11 N–H and O–H groups in total. The lowest BCUT2D eigenvalue weighted by Gasteiger charge is -2.32. The van der Waals surface area contributed by atoms with Gasteiger partial charge in [-0.3, -0.25) is 52.2 Å². The fourth-order valence-electron chi connectivity index (χ4n) is 9.02. The highest BCUT2D eigenvalue weighted by molar-refractivity contribution is 9.09. The number of ether oxygens (including phenoxy) is 1. The molecule has 72 heavy (non-hydrogen) atoms. The van der Waals surface area contributed by atoms with Crippen molar-refractivity contribution in [2.75, 3.05) is 43.9 Å². The smallest absolute Gasteiger partial charge is 0.243 e. The molecule has 4 unspecified atom stereocenters. The number of nitrogens with zero attached hydrogens (tertiary/aromatic N) is 1. The number of rotatable bonds is 14. The first-order chi connectivity index (χ1) is 34.1. The second-order valence-corrected chi connectivity index (χ2v) is 20.7. The molecule has 0 radical (unpaired) electrons. The highest BCUT2D eigenvalue weighted by Crippen LogP contribution is 2.33. The van der Waals surface area contributed by atoms with Crippen LogP contribution in [-0.4, -0.2) is 168 Å². The minimum atomic E-state index is -2.32. The summed E-state index contributed by atoms with van der Waals surface area (Å²) in [5.74, 6) is -13.2. The van der Waals surface area contributed by atoms with Gasteiger partial charge in [-0.1, -0.05) is 43.1 Å². The number of alkyl halides is 1. The van der Waals surface area contributed by atoms with Crippen LogP contribution in [0.25, 0.3) is 10.9 Å². The lowest BCUT2D eigenvalue weighted by Crippen LogP contribution is -2.56. The van der Waals surface area contributed by atoms with Crippen molar-refractivity contribution in [1.29, 1.82) is 0 Å². The SMILES string of the molecule is CC[C@H](C)[C@@H]1NC(=O)CNC(=O)C2CC(=O)[C@H]([C@@H](C)[C@@H](O)CO)NC(=O)[C@@H]3CC(O)CN3C(=O)[C@H](CC(N)=O)CC(=O)C(CS(=O)c3[nH]c4cc(OCCCCC(=O)CBr)ccc4c3C2)NC(=O)CNC1=O. The molecule has 0 saturated carbocycles. The summed E-state index contributed by atoms with van der Waals surface area (Å²) >= 11 is 3.15. The Labute approximate surface area is 426 Å². The van der Waals surface area contributed by atoms with Crippen LogP contribution in [0, 0.1) is 23.7 Å². The van der Waals surface area contributed by atoms with Crippen molar-refractivity contribution in [2.45, 2.75) is 120 Å². The first-order valence-electron chi connectivity index (χ1n) is 23.9. The van der Waals surface area contributed by atoms with Crippen molar-refractivity contribution in [3.63, 3.8) is 0 Å². The molecule has 1 aromatic heterocycles. The van der Waals surface area contributed by atoms with E-state index in [0.717, 1.165) is 4.90 Å². The van der Waals surface area contributed by atoms with Crippen molar-refractivity contribution in [3.8, 4) is 5.75 Å². The van der Waals surface area contributed by atoms with Gasteiger partial charge in [0.2, 0.25) is 41.4 Å². The van der Waals surface area contributed by atoms with Crippen molar-refractivity contribution in [2.24, 2.45) is 29.4 Å². The monoisotopic (exact) mass is 1090 g/mol. The van der Waals surface area contributed by atoms with Crippen LogP contribution in [0.4, 0.5) is 0 Å². The van der Waals surface area contributed by atoms with Crippen molar-refractivity contribution >= 4 is 96.3 Å². The molecule has 3 aliphatic rings. The Morgan fingerprint density at radius 2 is 1.61 bits per heavy atom. The number of hydrogen-bond acceptors (Lipinski definition) is 15. The van der Waals surface area contributed by atoms with Gasteiger partial charge < -0.3 is 62.3 Å². The number of ketones is 3. The third-order valence-electron chi connectivity index (χ3n) is 13.4. The van der Waals surface area contributed by atoms with Gasteiger partial charge in [0.1, 0.15) is 28.6 Å². The van der Waals surface area contributed by atoms with Crippen molar-refractivity contribution in [1.82, 2.24) is 36.5 Å². The molecule has 11 atom stereocenters. The van der Waals surface area contributed by atoms with Gasteiger partial charge in [0.25, 0.3) is 0 Å². The number of nitrogens with two attached hydrogens (primary N) is 1. The summed E-state index contributed by atoms with van der Waals surface area (Å²) in [6, 6.07) is -1.28. The number of amides is 7. The molecule has 25 heteroatoms. The number of primary amides is 1. The zero-order valence-corrected chi connectivity index (χ0v) is 42.8. The minimum absolute atomic E-state index is 0.0355. The third-order valence-corrected chi connectivity index (χ3v) is 15.4. The highest BCUT2D eigenvalue weighted by atomic mass is 79.9. The van der Waals surface area contributed by atoms with Crippen molar-refractivity contribution in [3.05, 3.63) is 23.8 Å². The number of H-pyrrole nitrogens is 1. The molecule has 1 aromatic carbocycles. The number of carbonyl (C=O) groups is 10. The van der Waals surface area contributed by atoms with Gasteiger partial charge in [-0.05, 0) is 42.9 Å². The van der Waals surface area contributed by atoms with Gasteiger partial charge in [0, 0.05) is 61.9 Å². The zero-order valence-electron chi connectivity index (χ0n) is 40.4. The minimum Gasteiger partial charge on any atom is -0.494 e. The van der Waals surface area contributed by atoms with Gasteiger partial charge in [-0.15, -0.1) is 0 Å². The summed E-state index contributed by atoms with van der Waals surface area (Å²) in [4.78, 5) is 142. The number of carbonyl (C=O) groups excluding carboxylic acids is 10. The Hall–Kier alpha value is -5.63. The van der Waals surface area contributed by atoms with Gasteiger partial charge >= 0.3 is 0 Å². The lowest BCUT2D eigenvalue weighted by atomic mass is 9.85. The number of aromatic nitrogens is 1. The molecule has 3 aliphatic heterocycles. The van der Waals surface area contributed by atoms with E-state index in [-0.39, 0.29) is 41.2 Å². The van der Waals surface area contributed by atoms with E-state index in [1.165, 1.54) is 6.92 Å². The number of unbranched alkanes of at least 4 members (excludes halogenated alkanes) is 1. The van der Waals surface area contributed by atoms with E-state index in [4.69, 9.17) is 10.5 Å². The third kappa shape index (κ3) is 15.0. The summed E-state index contributed by atoms with van der Waals surface area (Å²) in [6.07, 6.45) is -4.11. The number of aromatic amines is 1. The summed E-state index contributed by atoms with van der Waals surface area (Å²) in [5.41, 5.74) is 6.10. The summed E-state index contributed by atoms with van der Waals surface area (Å²) in [7, 11) is -2.32. The Morgan fingerprint density at radius 1 is 0.917 bits per heavy atom. The van der Waals surface area contributed by atoms with Crippen molar-refractivity contribution < 1.29 is 72.2 Å². The van der Waals surface area contributed by atoms with Crippen LogP contribution in [-0.2, 0) is 65.2 Å². The molecule has 5 rings (SSSR count). The molecule has 2 bridgehead atoms. The lowest BCUT2D eigenvalue weighted by molar-refractivity contribution is -0.145. The summed E-state index contributed by atoms with van der Waals surface area (Å²) < 4.78 is 20.9. The summed E-state index contributed by atoms with van der Waals surface area (Å²) in [6.45, 7) is 2.25. The van der Waals surface area contributed by atoms with E-state index < -0.39 is 175 Å². The molecule has 2 aromatic rings. The first kappa shape index (κ1) is 57.3. The Balaban J connectivity index is 1.71. The van der Waals surface area contributed by atoms with E-state index in [1.54, 1.807) is 32.0 Å². The Morgan fingerprint density at radius 3 is 2.28 bits per heavy atom. The normalized spacial score (nSPS) is 26.8. The number of Topliss-reactive ketones (excluding diaryl/α,β-unsaturated/α-hetero) is 3. The Kier molecular flexibility index (Phi) is 21.0. The van der Waals surface area contributed by atoms with Crippen LogP contribution in [0.3, 0.4) is 0 Å². The average Bonchev–Trinajstić information content (AvgIpc) is 3.92.